The number of hydrogen-bond acceptors (Lipinski definition) is 3. The van der Waals surface area contributed by atoms with Crippen LogP contribution in [0.4, 0.5) is 14.5 Å². The van der Waals surface area contributed by atoms with E-state index in [1.54, 1.807) is 4.90 Å². The van der Waals surface area contributed by atoms with Gasteiger partial charge in [-0.3, -0.25) is 0 Å². The number of hydrogen-bond donors (Lipinski definition) is 2. The second-order valence-corrected chi connectivity index (χ2v) is 4.64. The Morgan fingerprint density at radius 2 is 1.94 bits per heavy atom. The molecule has 0 amide bonds. The van der Waals surface area contributed by atoms with Crippen molar-refractivity contribution in [1.29, 1.82) is 0 Å². The van der Waals surface area contributed by atoms with Crippen molar-refractivity contribution in [3.63, 3.8) is 0 Å². The zero-order valence-corrected chi connectivity index (χ0v) is 10.2. The minimum Gasteiger partial charge on any atom is -0.394 e. The summed E-state index contributed by atoms with van der Waals surface area (Å²) in [7, 11) is 0. The summed E-state index contributed by atoms with van der Waals surface area (Å²) in [6, 6.07) is 2.33. The standard InChI is InChI=1S/C13H18F2N2O/c14-11-5-9(7-16)6-12(15)13(11)17-4-2-1-3-10(17)8-18/h5-6,10,18H,1-4,7-8,16H2. The molecular weight excluding hydrogens is 238 g/mol. The third-order valence-corrected chi connectivity index (χ3v) is 3.44. The van der Waals surface area contributed by atoms with Crippen LogP contribution in [0.2, 0.25) is 0 Å². The molecule has 1 aliphatic rings. The Kier molecular flexibility index (Phi) is 4.14. The summed E-state index contributed by atoms with van der Waals surface area (Å²) in [5.41, 5.74) is 5.78. The highest BCUT2D eigenvalue weighted by molar-refractivity contribution is 5.52. The van der Waals surface area contributed by atoms with Gasteiger partial charge < -0.3 is 15.7 Å². The number of nitrogens with two attached hydrogens (primary N) is 1. The molecule has 2 rings (SSSR count). The molecule has 0 bridgehead atoms. The third-order valence-electron chi connectivity index (χ3n) is 3.44. The minimum atomic E-state index is -0.601. The molecular formula is C13H18F2N2O. The van der Waals surface area contributed by atoms with Crippen LogP contribution < -0.4 is 10.6 Å². The molecule has 0 aliphatic carbocycles. The smallest absolute Gasteiger partial charge is 0.149 e. The average molecular weight is 256 g/mol. The van der Waals surface area contributed by atoms with Gasteiger partial charge in [0.05, 0.1) is 12.6 Å². The van der Waals surface area contributed by atoms with Crippen LogP contribution in [-0.4, -0.2) is 24.3 Å². The van der Waals surface area contributed by atoms with Crippen LogP contribution in [0.5, 0.6) is 0 Å². The van der Waals surface area contributed by atoms with Gasteiger partial charge in [-0.2, -0.15) is 0 Å². The summed E-state index contributed by atoms with van der Waals surface area (Å²) in [5, 5.41) is 9.30. The quantitative estimate of drug-likeness (QED) is 0.866. The van der Waals surface area contributed by atoms with Crippen molar-refractivity contribution in [2.75, 3.05) is 18.1 Å². The largest absolute Gasteiger partial charge is 0.394 e. The molecule has 3 N–H and O–H groups in total. The summed E-state index contributed by atoms with van der Waals surface area (Å²) >= 11 is 0. The fraction of sp³-hybridized carbons (Fsp3) is 0.538. The number of nitrogens with zero attached hydrogens (tertiary/aromatic N) is 1. The van der Waals surface area contributed by atoms with E-state index in [0.717, 1.165) is 19.3 Å². The van der Waals surface area contributed by atoms with Crippen LogP contribution in [0.3, 0.4) is 0 Å². The lowest BCUT2D eigenvalue weighted by molar-refractivity contribution is 0.238. The Labute approximate surface area is 105 Å². The van der Waals surface area contributed by atoms with Crippen molar-refractivity contribution in [3.05, 3.63) is 29.3 Å². The van der Waals surface area contributed by atoms with E-state index in [4.69, 9.17) is 5.73 Å². The predicted molar refractivity (Wildman–Crippen MR) is 66.3 cm³/mol. The lowest BCUT2D eigenvalue weighted by Gasteiger charge is -2.36. The van der Waals surface area contributed by atoms with Gasteiger partial charge >= 0.3 is 0 Å². The molecule has 0 saturated carbocycles. The average Bonchev–Trinajstić information content (AvgIpc) is 2.38. The molecule has 100 valence electrons. The third kappa shape index (κ3) is 2.47. The summed E-state index contributed by atoms with van der Waals surface area (Å²) in [4.78, 5) is 1.63. The van der Waals surface area contributed by atoms with Gasteiger partial charge in [0.15, 0.2) is 0 Å². The first-order chi connectivity index (χ1) is 8.67. The summed E-state index contributed by atoms with van der Waals surface area (Å²) in [6.45, 7) is 0.593. The fourth-order valence-electron chi connectivity index (χ4n) is 2.49. The van der Waals surface area contributed by atoms with Gasteiger partial charge in [0, 0.05) is 13.1 Å². The van der Waals surface area contributed by atoms with Crippen LogP contribution in [0.15, 0.2) is 12.1 Å². The molecule has 1 aromatic rings. The van der Waals surface area contributed by atoms with E-state index in [9.17, 15) is 13.9 Å². The van der Waals surface area contributed by atoms with Crippen molar-refractivity contribution in [2.45, 2.75) is 31.8 Å². The normalized spacial score (nSPS) is 20.2. The lowest BCUT2D eigenvalue weighted by Crippen LogP contribution is -2.43. The summed E-state index contributed by atoms with van der Waals surface area (Å²) in [5.74, 6) is -1.20. The number of aliphatic hydroxyl groups excluding tert-OH is 1. The number of rotatable bonds is 3. The van der Waals surface area contributed by atoms with Gasteiger partial charge in [0.1, 0.15) is 17.3 Å². The zero-order valence-electron chi connectivity index (χ0n) is 10.2. The zero-order chi connectivity index (χ0) is 13.1. The molecule has 5 heteroatoms. The van der Waals surface area contributed by atoms with Gasteiger partial charge in [-0.15, -0.1) is 0 Å². The van der Waals surface area contributed by atoms with Gasteiger partial charge in [-0.05, 0) is 37.0 Å². The maximum absolute atomic E-state index is 14.0. The molecule has 1 atom stereocenters. The topological polar surface area (TPSA) is 49.5 Å². The fourth-order valence-corrected chi connectivity index (χ4v) is 2.49. The van der Waals surface area contributed by atoms with Crippen molar-refractivity contribution >= 4 is 5.69 Å². The van der Waals surface area contributed by atoms with Gasteiger partial charge in [-0.1, -0.05) is 0 Å². The number of piperidine rings is 1. The van der Waals surface area contributed by atoms with Crippen LogP contribution in [0.1, 0.15) is 24.8 Å². The van der Waals surface area contributed by atoms with Crippen molar-refractivity contribution in [2.24, 2.45) is 5.73 Å². The molecule has 1 unspecified atom stereocenters. The highest BCUT2D eigenvalue weighted by Gasteiger charge is 2.26. The van der Waals surface area contributed by atoms with Gasteiger partial charge in [0.2, 0.25) is 0 Å². The number of anilines is 1. The van der Waals surface area contributed by atoms with E-state index < -0.39 is 11.6 Å². The molecule has 0 aromatic heterocycles. The van der Waals surface area contributed by atoms with E-state index in [1.165, 1.54) is 12.1 Å². The summed E-state index contributed by atoms with van der Waals surface area (Å²) < 4.78 is 27.9. The van der Waals surface area contributed by atoms with Crippen LogP contribution in [0.25, 0.3) is 0 Å². The molecule has 1 aliphatic heterocycles. The van der Waals surface area contributed by atoms with Crippen molar-refractivity contribution < 1.29 is 13.9 Å². The first-order valence-electron chi connectivity index (χ1n) is 6.23. The first kappa shape index (κ1) is 13.2. The van der Waals surface area contributed by atoms with Crippen LogP contribution in [-0.2, 0) is 6.54 Å². The predicted octanol–water partition coefficient (Wildman–Crippen LogP) is 1.77. The monoisotopic (exact) mass is 256 g/mol. The minimum absolute atomic E-state index is 0.0362. The second-order valence-electron chi connectivity index (χ2n) is 4.64. The van der Waals surface area contributed by atoms with E-state index in [0.29, 0.717) is 12.1 Å². The van der Waals surface area contributed by atoms with E-state index >= 15 is 0 Å². The highest BCUT2D eigenvalue weighted by atomic mass is 19.1. The van der Waals surface area contributed by atoms with Gasteiger partial charge in [0.25, 0.3) is 0 Å². The van der Waals surface area contributed by atoms with E-state index in [1.807, 2.05) is 0 Å². The number of halogens is 2. The Hall–Kier alpha value is -1.20. The summed E-state index contributed by atoms with van der Waals surface area (Å²) in [6.07, 6.45) is 2.62. The molecule has 1 aromatic carbocycles. The van der Waals surface area contributed by atoms with Crippen molar-refractivity contribution in [3.8, 4) is 0 Å². The highest BCUT2D eigenvalue weighted by Crippen LogP contribution is 2.30. The molecule has 1 saturated heterocycles. The molecule has 3 nitrogen and oxygen atoms in total. The van der Waals surface area contributed by atoms with E-state index in [-0.39, 0.29) is 24.9 Å². The molecule has 0 radical (unpaired) electrons. The Balaban J connectivity index is 2.37. The van der Waals surface area contributed by atoms with Crippen LogP contribution in [0, 0.1) is 11.6 Å². The maximum atomic E-state index is 14.0. The first-order valence-corrected chi connectivity index (χ1v) is 6.23. The van der Waals surface area contributed by atoms with Crippen LogP contribution >= 0.6 is 0 Å². The van der Waals surface area contributed by atoms with E-state index in [2.05, 4.69) is 0 Å². The van der Waals surface area contributed by atoms with Gasteiger partial charge in [-0.25, -0.2) is 8.78 Å². The molecule has 1 heterocycles. The van der Waals surface area contributed by atoms with Crippen molar-refractivity contribution in [1.82, 2.24) is 0 Å². The molecule has 18 heavy (non-hydrogen) atoms. The Bertz CT molecular complexity index is 402. The number of benzene rings is 1. The lowest BCUT2D eigenvalue weighted by atomic mass is 10.0. The maximum Gasteiger partial charge on any atom is 0.149 e. The Morgan fingerprint density at radius 3 is 2.50 bits per heavy atom. The second kappa shape index (κ2) is 5.63. The molecule has 1 fully saturated rings. The molecule has 0 spiro atoms. The number of aliphatic hydroxyl groups is 1. The SMILES string of the molecule is NCc1cc(F)c(N2CCCCC2CO)c(F)c1. The Morgan fingerprint density at radius 1 is 1.28 bits per heavy atom.